The zero-order valence-electron chi connectivity index (χ0n) is 11.1. The number of carbonyl (C=O) groups is 1. The molecule has 1 amide bonds. The first-order valence-corrected chi connectivity index (χ1v) is 8.37. The lowest BCUT2D eigenvalue weighted by Crippen LogP contribution is -2.31. The minimum Gasteiger partial charge on any atom is -0.451 e. The van der Waals surface area contributed by atoms with Crippen LogP contribution in [-0.2, 0) is 9.84 Å². The number of benzene rings is 1. The predicted molar refractivity (Wildman–Crippen MR) is 75.4 cm³/mol. The van der Waals surface area contributed by atoms with Gasteiger partial charge < -0.3 is 9.32 Å². The van der Waals surface area contributed by atoms with Crippen LogP contribution in [0.4, 0.5) is 0 Å². The van der Waals surface area contributed by atoms with Crippen molar-refractivity contribution in [1.82, 2.24) is 4.90 Å². The standard InChI is InChI=1S/C14H15NO4S/c1-20(17,18)11-6-7-15(9-11)14(16)13-8-10-4-2-3-5-12(10)19-13/h2-5,8,11H,6-7,9H2,1H3/t11-/m0/s1. The number of rotatable bonds is 2. The molecule has 0 saturated carbocycles. The van der Waals surface area contributed by atoms with Crippen LogP contribution in [0.5, 0.6) is 0 Å². The Bertz CT molecular complexity index is 729. The molecule has 6 heteroatoms. The molecule has 0 N–H and O–H groups in total. The fourth-order valence-corrected chi connectivity index (χ4v) is 3.49. The predicted octanol–water partition coefficient (Wildman–Crippen LogP) is 1.69. The molecular weight excluding hydrogens is 278 g/mol. The number of carbonyl (C=O) groups excluding carboxylic acids is 1. The number of sulfone groups is 1. The molecule has 106 valence electrons. The quantitative estimate of drug-likeness (QED) is 0.845. The smallest absolute Gasteiger partial charge is 0.289 e. The number of likely N-dealkylation sites (tertiary alicyclic amines) is 1. The molecule has 1 atom stereocenters. The summed E-state index contributed by atoms with van der Waals surface area (Å²) in [5, 5.41) is 0.408. The third-order valence-corrected chi connectivity index (χ3v) is 5.27. The lowest BCUT2D eigenvalue weighted by Gasteiger charge is -2.14. The number of hydrogen-bond donors (Lipinski definition) is 0. The van der Waals surface area contributed by atoms with Gasteiger partial charge in [-0.3, -0.25) is 4.79 Å². The van der Waals surface area contributed by atoms with Gasteiger partial charge >= 0.3 is 0 Å². The van der Waals surface area contributed by atoms with E-state index in [1.165, 1.54) is 6.26 Å². The molecular formula is C14H15NO4S. The van der Waals surface area contributed by atoms with Gasteiger partial charge in [0.2, 0.25) is 0 Å². The Morgan fingerprint density at radius 2 is 2.10 bits per heavy atom. The Kier molecular flexibility index (Phi) is 3.05. The molecule has 1 fully saturated rings. The van der Waals surface area contributed by atoms with Gasteiger partial charge in [0.15, 0.2) is 15.6 Å². The van der Waals surface area contributed by atoms with Crippen LogP contribution in [0, 0.1) is 0 Å². The average Bonchev–Trinajstić information content (AvgIpc) is 3.04. The van der Waals surface area contributed by atoms with Gasteiger partial charge in [-0.1, -0.05) is 18.2 Å². The summed E-state index contributed by atoms with van der Waals surface area (Å²) >= 11 is 0. The van der Waals surface area contributed by atoms with Crippen molar-refractivity contribution in [1.29, 1.82) is 0 Å². The largest absolute Gasteiger partial charge is 0.451 e. The van der Waals surface area contributed by atoms with E-state index in [2.05, 4.69) is 0 Å². The SMILES string of the molecule is CS(=O)(=O)[C@H]1CCN(C(=O)c2cc3ccccc3o2)C1. The van der Waals surface area contributed by atoms with Gasteiger partial charge in [-0.05, 0) is 18.6 Å². The lowest BCUT2D eigenvalue weighted by molar-refractivity contribution is 0.0764. The Morgan fingerprint density at radius 3 is 2.75 bits per heavy atom. The number of furan rings is 1. The van der Waals surface area contributed by atoms with E-state index < -0.39 is 15.1 Å². The van der Waals surface area contributed by atoms with Gasteiger partial charge in [0.25, 0.3) is 5.91 Å². The fourth-order valence-electron chi connectivity index (χ4n) is 2.51. The van der Waals surface area contributed by atoms with Crippen LogP contribution in [-0.4, -0.2) is 43.8 Å². The monoisotopic (exact) mass is 293 g/mol. The van der Waals surface area contributed by atoms with E-state index in [0.717, 1.165) is 5.39 Å². The summed E-state index contributed by atoms with van der Waals surface area (Å²) in [7, 11) is -3.10. The summed E-state index contributed by atoms with van der Waals surface area (Å²) < 4.78 is 28.6. The van der Waals surface area contributed by atoms with Gasteiger partial charge in [-0.25, -0.2) is 8.42 Å². The number of nitrogens with zero attached hydrogens (tertiary/aromatic N) is 1. The summed E-state index contributed by atoms with van der Waals surface area (Å²) in [6, 6.07) is 9.09. The number of hydrogen-bond acceptors (Lipinski definition) is 4. The van der Waals surface area contributed by atoms with Crippen molar-refractivity contribution in [3.05, 3.63) is 36.1 Å². The molecule has 3 rings (SSSR count). The summed E-state index contributed by atoms with van der Waals surface area (Å²) in [6.45, 7) is 0.697. The second-order valence-corrected chi connectivity index (χ2v) is 7.47. The first-order valence-electron chi connectivity index (χ1n) is 6.42. The molecule has 0 aliphatic carbocycles. The Hall–Kier alpha value is -1.82. The highest BCUT2D eigenvalue weighted by atomic mass is 32.2. The maximum atomic E-state index is 12.3. The van der Waals surface area contributed by atoms with Crippen LogP contribution < -0.4 is 0 Å². The van der Waals surface area contributed by atoms with Crippen LogP contribution in [0.15, 0.2) is 34.7 Å². The molecule has 0 radical (unpaired) electrons. The minimum atomic E-state index is -3.10. The van der Waals surface area contributed by atoms with Crippen molar-refractivity contribution in [3.8, 4) is 0 Å². The minimum absolute atomic E-state index is 0.243. The van der Waals surface area contributed by atoms with E-state index >= 15 is 0 Å². The number of fused-ring (bicyclic) bond motifs is 1. The topological polar surface area (TPSA) is 67.6 Å². The van der Waals surface area contributed by atoms with Crippen LogP contribution in [0.1, 0.15) is 17.0 Å². The van der Waals surface area contributed by atoms with E-state index in [1.807, 2.05) is 18.2 Å². The van der Waals surface area contributed by atoms with Crippen molar-refractivity contribution in [2.24, 2.45) is 0 Å². The summed E-state index contributed by atoms with van der Waals surface area (Å²) in [4.78, 5) is 13.9. The van der Waals surface area contributed by atoms with Crippen LogP contribution in [0.3, 0.4) is 0 Å². The van der Waals surface area contributed by atoms with E-state index in [0.29, 0.717) is 18.5 Å². The second-order valence-electron chi connectivity index (χ2n) is 5.14. The van der Waals surface area contributed by atoms with E-state index in [9.17, 15) is 13.2 Å². The third kappa shape index (κ3) is 2.31. The fraction of sp³-hybridized carbons (Fsp3) is 0.357. The van der Waals surface area contributed by atoms with Crippen LogP contribution in [0.2, 0.25) is 0 Å². The van der Waals surface area contributed by atoms with Crippen molar-refractivity contribution >= 4 is 26.7 Å². The highest BCUT2D eigenvalue weighted by molar-refractivity contribution is 7.91. The Morgan fingerprint density at radius 1 is 1.35 bits per heavy atom. The van der Waals surface area contributed by atoms with E-state index in [4.69, 9.17) is 4.42 Å². The molecule has 20 heavy (non-hydrogen) atoms. The van der Waals surface area contributed by atoms with Gasteiger partial charge in [0, 0.05) is 24.7 Å². The molecule has 1 saturated heterocycles. The van der Waals surface area contributed by atoms with Crippen LogP contribution in [0.25, 0.3) is 11.0 Å². The van der Waals surface area contributed by atoms with Crippen molar-refractivity contribution < 1.29 is 17.6 Å². The molecule has 2 aromatic rings. The number of amides is 1. The first kappa shape index (κ1) is 13.2. The van der Waals surface area contributed by atoms with Gasteiger partial charge in [-0.2, -0.15) is 0 Å². The molecule has 5 nitrogen and oxygen atoms in total. The van der Waals surface area contributed by atoms with E-state index in [1.54, 1.807) is 17.0 Å². The molecule has 1 aliphatic heterocycles. The highest BCUT2D eigenvalue weighted by Crippen LogP contribution is 2.23. The number of para-hydroxylation sites is 1. The van der Waals surface area contributed by atoms with Crippen molar-refractivity contribution in [2.75, 3.05) is 19.3 Å². The molecule has 1 aromatic heterocycles. The molecule has 1 aliphatic rings. The van der Waals surface area contributed by atoms with Crippen molar-refractivity contribution in [2.45, 2.75) is 11.7 Å². The molecule has 1 aromatic carbocycles. The average molecular weight is 293 g/mol. The summed E-state index contributed by atoms with van der Waals surface area (Å²) in [5.41, 5.74) is 0.662. The third-order valence-electron chi connectivity index (χ3n) is 3.67. The molecule has 0 unspecified atom stereocenters. The highest BCUT2D eigenvalue weighted by Gasteiger charge is 2.33. The lowest BCUT2D eigenvalue weighted by atomic mass is 10.2. The Balaban J connectivity index is 1.83. The molecule has 0 bridgehead atoms. The summed E-state index contributed by atoms with van der Waals surface area (Å²) in [6.07, 6.45) is 1.71. The van der Waals surface area contributed by atoms with Gasteiger partial charge in [0.05, 0.1) is 5.25 Å². The molecule has 2 heterocycles. The molecule has 0 spiro atoms. The zero-order valence-corrected chi connectivity index (χ0v) is 11.9. The van der Waals surface area contributed by atoms with Gasteiger partial charge in [-0.15, -0.1) is 0 Å². The Labute approximate surface area is 117 Å². The maximum absolute atomic E-state index is 12.3. The maximum Gasteiger partial charge on any atom is 0.289 e. The first-order chi connectivity index (χ1) is 9.45. The van der Waals surface area contributed by atoms with Crippen molar-refractivity contribution in [3.63, 3.8) is 0 Å². The van der Waals surface area contributed by atoms with Crippen LogP contribution >= 0.6 is 0 Å². The van der Waals surface area contributed by atoms with Gasteiger partial charge in [0.1, 0.15) is 5.58 Å². The normalized spacial score (nSPS) is 19.6. The second kappa shape index (κ2) is 4.63. The zero-order chi connectivity index (χ0) is 14.3. The van der Waals surface area contributed by atoms with E-state index in [-0.39, 0.29) is 18.2 Å². The summed E-state index contributed by atoms with van der Waals surface area (Å²) in [5.74, 6) is 0.0210.